The highest BCUT2D eigenvalue weighted by molar-refractivity contribution is 6.21. The zero-order valence-corrected chi connectivity index (χ0v) is 13.1. The van der Waals surface area contributed by atoms with Crippen LogP contribution in [0.3, 0.4) is 0 Å². The standard InChI is InChI=1S/C19H23NO2/c1-2-15(13-12-14-8-4-3-5-9-14)20-18(21)16-10-6-7-11-17(16)19(20)22/h6-7,10-15H,2-5,8-9H2,1H3/b13-12-/t15-/m0/s1. The van der Waals surface area contributed by atoms with Crippen molar-refractivity contribution in [2.45, 2.75) is 51.5 Å². The molecule has 0 spiro atoms. The number of carbonyl (C=O) groups excluding carboxylic acids is 2. The Balaban J connectivity index is 1.78. The molecule has 1 aliphatic carbocycles. The largest absolute Gasteiger partial charge is 0.269 e. The van der Waals surface area contributed by atoms with E-state index in [-0.39, 0.29) is 17.9 Å². The highest BCUT2D eigenvalue weighted by Crippen LogP contribution is 2.28. The first-order chi connectivity index (χ1) is 10.7. The molecule has 2 aliphatic rings. The maximum atomic E-state index is 12.5. The maximum Gasteiger partial charge on any atom is 0.262 e. The molecule has 1 heterocycles. The molecule has 1 aliphatic heterocycles. The van der Waals surface area contributed by atoms with Crippen LogP contribution in [-0.2, 0) is 0 Å². The molecule has 116 valence electrons. The number of allylic oxidation sites excluding steroid dienone is 1. The molecule has 22 heavy (non-hydrogen) atoms. The third-order valence-electron chi connectivity index (χ3n) is 4.83. The summed E-state index contributed by atoms with van der Waals surface area (Å²) in [6.07, 6.45) is 11.4. The number of rotatable bonds is 4. The summed E-state index contributed by atoms with van der Waals surface area (Å²) in [5.74, 6) is 0.305. The predicted molar refractivity (Wildman–Crippen MR) is 86.7 cm³/mol. The second-order valence-corrected chi connectivity index (χ2v) is 6.28. The number of nitrogens with zero attached hydrogens (tertiary/aromatic N) is 1. The molecule has 0 aromatic heterocycles. The van der Waals surface area contributed by atoms with E-state index in [4.69, 9.17) is 0 Å². The van der Waals surface area contributed by atoms with E-state index in [0.717, 1.165) is 6.42 Å². The van der Waals surface area contributed by atoms with Crippen LogP contribution in [-0.4, -0.2) is 22.8 Å². The van der Waals surface area contributed by atoms with Crippen LogP contribution < -0.4 is 0 Å². The van der Waals surface area contributed by atoms with Crippen LogP contribution in [0.15, 0.2) is 36.4 Å². The fraction of sp³-hybridized carbons (Fsp3) is 0.474. The minimum absolute atomic E-state index is 0.130. The molecule has 0 bridgehead atoms. The zero-order valence-electron chi connectivity index (χ0n) is 13.1. The molecular weight excluding hydrogens is 274 g/mol. The second kappa shape index (κ2) is 6.47. The van der Waals surface area contributed by atoms with Gasteiger partial charge in [0.15, 0.2) is 0 Å². The van der Waals surface area contributed by atoms with Crippen molar-refractivity contribution < 1.29 is 9.59 Å². The lowest BCUT2D eigenvalue weighted by Gasteiger charge is -2.24. The van der Waals surface area contributed by atoms with E-state index in [1.54, 1.807) is 12.1 Å². The average Bonchev–Trinajstić information content (AvgIpc) is 2.82. The number of hydrogen-bond acceptors (Lipinski definition) is 2. The summed E-state index contributed by atoms with van der Waals surface area (Å²) in [5, 5.41) is 0. The molecule has 0 N–H and O–H groups in total. The van der Waals surface area contributed by atoms with E-state index in [2.05, 4.69) is 12.2 Å². The minimum atomic E-state index is -0.152. The van der Waals surface area contributed by atoms with Crippen LogP contribution in [0.4, 0.5) is 0 Å². The Morgan fingerprint density at radius 1 is 1.09 bits per heavy atom. The molecule has 2 amide bonds. The van der Waals surface area contributed by atoms with Crippen molar-refractivity contribution in [3.63, 3.8) is 0 Å². The van der Waals surface area contributed by atoms with Gasteiger partial charge >= 0.3 is 0 Å². The van der Waals surface area contributed by atoms with Crippen molar-refractivity contribution >= 4 is 11.8 Å². The maximum absolute atomic E-state index is 12.5. The van der Waals surface area contributed by atoms with Gasteiger partial charge in [-0.1, -0.05) is 50.5 Å². The molecule has 1 aromatic carbocycles. The Labute approximate surface area is 132 Å². The van der Waals surface area contributed by atoms with E-state index < -0.39 is 0 Å². The monoisotopic (exact) mass is 297 g/mol. The van der Waals surface area contributed by atoms with Gasteiger partial charge < -0.3 is 0 Å². The van der Waals surface area contributed by atoms with Gasteiger partial charge in [-0.05, 0) is 37.3 Å². The molecule has 0 radical (unpaired) electrons. The average molecular weight is 297 g/mol. The Kier molecular flexibility index (Phi) is 4.41. The highest BCUT2D eigenvalue weighted by Gasteiger charge is 2.38. The van der Waals surface area contributed by atoms with Gasteiger partial charge in [-0.15, -0.1) is 0 Å². The Morgan fingerprint density at radius 3 is 2.23 bits per heavy atom. The number of amides is 2. The van der Waals surface area contributed by atoms with E-state index in [0.29, 0.717) is 17.0 Å². The number of carbonyl (C=O) groups is 2. The summed E-state index contributed by atoms with van der Waals surface area (Å²) in [5.41, 5.74) is 1.08. The van der Waals surface area contributed by atoms with Crippen LogP contribution in [0, 0.1) is 5.92 Å². The van der Waals surface area contributed by atoms with Crippen LogP contribution in [0.5, 0.6) is 0 Å². The minimum Gasteiger partial charge on any atom is -0.269 e. The predicted octanol–water partition coefficient (Wildman–Crippen LogP) is 4.20. The Hall–Kier alpha value is -1.90. The van der Waals surface area contributed by atoms with E-state index in [1.807, 2.05) is 19.1 Å². The molecule has 3 rings (SSSR count). The Bertz CT molecular complexity index is 564. The molecule has 3 heteroatoms. The van der Waals surface area contributed by atoms with Gasteiger partial charge in [-0.3, -0.25) is 14.5 Å². The van der Waals surface area contributed by atoms with Crippen molar-refractivity contribution in [1.29, 1.82) is 0 Å². The molecule has 3 nitrogen and oxygen atoms in total. The molecule has 1 saturated carbocycles. The summed E-state index contributed by atoms with van der Waals surface area (Å²) >= 11 is 0. The lowest BCUT2D eigenvalue weighted by molar-refractivity contribution is 0.0611. The van der Waals surface area contributed by atoms with E-state index in [1.165, 1.54) is 37.0 Å². The van der Waals surface area contributed by atoms with Crippen LogP contribution in [0.2, 0.25) is 0 Å². The van der Waals surface area contributed by atoms with Crippen molar-refractivity contribution in [2.24, 2.45) is 5.92 Å². The third kappa shape index (κ3) is 2.72. The summed E-state index contributed by atoms with van der Waals surface area (Å²) in [6.45, 7) is 2.03. The van der Waals surface area contributed by atoms with Crippen molar-refractivity contribution in [3.05, 3.63) is 47.5 Å². The van der Waals surface area contributed by atoms with Crippen LogP contribution in [0.25, 0.3) is 0 Å². The summed E-state index contributed by atoms with van der Waals surface area (Å²) in [4.78, 5) is 26.5. The van der Waals surface area contributed by atoms with Gasteiger partial charge in [0.25, 0.3) is 11.8 Å². The molecule has 1 atom stereocenters. The third-order valence-corrected chi connectivity index (χ3v) is 4.83. The topological polar surface area (TPSA) is 37.4 Å². The van der Waals surface area contributed by atoms with E-state index >= 15 is 0 Å². The molecule has 0 unspecified atom stereocenters. The van der Waals surface area contributed by atoms with Crippen molar-refractivity contribution in [3.8, 4) is 0 Å². The fourth-order valence-electron chi connectivity index (χ4n) is 3.53. The van der Waals surface area contributed by atoms with Crippen molar-refractivity contribution in [2.75, 3.05) is 0 Å². The SMILES string of the molecule is CC[C@@H](/C=C\C1CCCCC1)N1C(=O)c2ccccc2C1=O. The van der Waals surface area contributed by atoms with Gasteiger partial charge in [0.2, 0.25) is 0 Å². The summed E-state index contributed by atoms with van der Waals surface area (Å²) in [6, 6.07) is 6.98. The highest BCUT2D eigenvalue weighted by atomic mass is 16.2. The second-order valence-electron chi connectivity index (χ2n) is 6.28. The molecular formula is C19H23NO2. The number of benzene rings is 1. The van der Waals surface area contributed by atoms with Crippen LogP contribution >= 0.6 is 0 Å². The molecule has 1 aromatic rings. The van der Waals surface area contributed by atoms with Crippen LogP contribution in [0.1, 0.15) is 66.2 Å². The number of hydrogen-bond donors (Lipinski definition) is 0. The van der Waals surface area contributed by atoms with Gasteiger partial charge in [0.05, 0.1) is 17.2 Å². The van der Waals surface area contributed by atoms with E-state index in [9.17, 15) is 9.59 Å². The summed E-state index contributed by atoms with van der Waals surface area (Å²) in [7, 11) is 0. The zero-order chi connectivity index (χ0) is 15.5. The van der Waals surface area contributed by atoms with Gasteiger partial charge in [-0.2, -0.15) is 0 Å². The number of imide groups is 1. The van der Waals surface area contributed by atoms with Crippen molar-refractivity contribution in [1.82, 2.24) is 4.90 Å². The van der Waals surface area contributed by atoms with Gasteiger partial charge in [0.1, 0.15) is 0 Å². The first-order valence-corrected chi connectivity index (χ1v) is 8.37. The first-order valence-electron chi connectivity index (χ1n) is 8.37. The smallest absolute Gasteiger partial charge is 0.262 e. The first kappa shape index (κ1) is 15.0. The fourth-order valence-corrected chi connectivity index (χ4v) is 3.53. The number of fused-ring (bicyclic) bond motifs is 1. The lowest BCUT2D eigenvalue weighted by Crippen LogP contribution is -2.38. The van der Waals surface area contributed by atoms with Gasteiger partial charge in [-0.25, -0.2) is 0 Å². The van der Waals surface area contributed by atoms with Gasteiger partial charge in [0, 0.05) is 0 Å². The normalized spacial score (nSPS) is 20.7. The quantitative estimate of drug-likeness (QED) is 0.617. The molecule has 1 fully saturated rings. The Morgan fingerprint density at radius 2 is 1.68 bits per heavy atom. The molecule has 0 saturated heterocycles. The summed E-state index contributed by atoms with van der Waals surface area (Å²) < 4.78 is 0. The lowest BCUT2D eigenvalue weighted by atomic mass is 9.88.